The molecule has 1 rings (SSSR count). The van der Waals surface area contributed by atoms with Crippen LogP contribution >= 0.6 is 0 Å². The van der Waals surface area contributed by atoms with Crippen molar-refractivity contribution in [3.8, 4) is 0 Å². The van der Waals surface area contributed by atoms with E-state index in [1.807, 2.05) is 34.6 Å². The summed E-state index contributed by atoms with van der Waals surface area (Å²) in [6.45, 7) is 9.86. The zero-order chi connectivity index (χ0) is 14.7. The van der Waals surface area contributed by atoms with E-state index in [0.29, 0.717) is 13.0 Å². The fraction of sp³-hybridized carbons (Fsp3) is 0.929. The maximum Gasteiger partial charge on any atom is 0.308 e. The first kappa shape index (κ1) is 16.4. The lowest BCUT2D eigenvalue weighted by atomic mass is 10.0. The van der Waals surface area contributed by atoms with Crippen molar-refractivity contribution < 1.29 is 19.0 Å². The molecule has 1 saturated heterocycles. The van der Waals surface area contributed by atoms with Crippen molar-refractivity contribution in [2.24, 2.45) is 5.73 Å². The molecule has 1 fully saturated rings. The van der Waals surface area contributed by atoms with Gasteiger partial charge in [0, 0.05) is 6.42 Å². The lowest BCUT2D eigenvalue weighted by molar-refractivity contribution is -0.300. The first-order valence-corrected chi connectivity index (χ1v) is 6.89. The molecular formula is C14H27NO4. The van der Waals surface area contributed by atoms with Gasteiger partial charge in [-0.1, -0.05) is 0 Å². The van der Waals surface area contributed by atoms with E-state index in [2.05, 4.69) is 0 Å². The standard InChI is InChI=1S/C14H27NO4/c1-13(2,3)19-12(16)9-11-8-10(6-7-15)17-14(4,5)18-11/h10-11H,6-9,15H2,1-5H3/t10-,11?/m1/s1. The summed E-state index contributed by atoms with van der Waals surface area (Å²) in [6.07, 6.45) is 1.58. The predicted octanol–water partition coefficient (Wildman–Crippen LogP) is 1.98. The number of hydrogen-bond acceptors (Lipinski definition) is 5. The summed E-state index contributed by atoms with van der Waals surface area (Å²) < 4.78 is 16.9. The molecule has 0 saturated carbocycles. The topological polar surface area (TPSA) is 70.8 Å². The van der Waals surface area contributed by atoms with Gasteiger partial charge < -0.3 is 19.9 Å². The van der Waals surface area contributed by atoms with Crippen LogP contribution in [-0.2, 0) is 19.0 Å². The Morgan fingerprint density at radius 1 is 1.32 bits per heavy atom. The summed E-state index contributed by atoms with van der Waals surface area (Å²) in [7, 11) is 0. The highest BCUT2D eigenvalue weighted by Crippen LogP contribution is 2.30. The van der Waals surface area contributed by atoms with Gasteiger partial charge in [0.05, 0.1) is 18.6 Å². The largest absolute Gasteiger partial charge is 0.460 e. The molecule has 2 atom stereocenters. The van der Waals surface area contributed by atoms with Crippen molar-refractivity contribution in [1.82, 2.24) is 0 Å². The van der Waals surface area contributed by atoms with Crippen molar-refractivity contribution in [2.75, 3.05) is 6.54 Å². The first-order chi connectivity index (χ1) is 8.61. The number of esters is 1. The minimum Gasteiger partial charge on any atom is -0.460 e. The Balaban J connectivity index is 2.54. The fourth-order valence-corrected chi connectivity index (χ4v) is 2.28. The number of nitrogens with two attached hydrogens (primary N) is 1. The third kappa shape index (κ3) is 6.36. The van der Waals surface area contributed by atoms with Crippen LogP contribution in [0.3, 0.4) is 0 Å². The van der Waals surface area contributed by atoms with Gasteiger partial charge in [0.1, 0.15) is 5.60 Å². The van der Waals surface area contributed by atoms with Gasteiger partial charge in [-0.2, -0.15) is 0 Å². The quantitative estimate of drug-likeness (QED) is 0.793. The van der Waals surface area contributed by atoms with Crippen molar-refractivity contribution >= 4 is 5.97 Å². The van der Waals surface area contributed by atoms with Crippen LogP contribution in [0, 0.1) is 0 Å². The zero-order valence-corrected chi connectivity index (χ0v) is 12.7. The summed E-state index contributed by atoms with van der Waals surface area (Å²) in [6, 6.07) is 0. The molecule has 0 aromatic carbocycles. The van der Waals surface area contributed by atoms with E-state index in [-0.39, 0.29) is 24.6 Å². The van der Waals surface area contributed by atoms with Crippen LogP contribution in [0.15, 0.2) is 0 Å². The van der Waals surface area contributed by atoms with E-state index in [1.54, 1.807) is 0 Å². The Morgan fingerprint density at radius 3 is 2.42 bits per heavy atom. The number of carbonyl (C=O) groups is 1. The molecule has 0 aromatic heterocycles. The Bertz CT molecular complexity index is 309. The van der Waals surface area contributed by atoms with Crippen molar-refractivity contribution in [1.29, 1.82) is 0 Å². The highest BCUT2D eigenvalue weighted by atomic mass is 16.7. The molecule has 0 amide bonds. The van der Waals surface area contributed by atoms with Crippen LogP contribution in [0.1, 0.15) is 53.9 Å². The molecule has 1 heterocycles. The smallest absolute Gasteiger partial charge is 0.308 e. The average Bonchev–Trinajstić information content (AvgIpc) is 2.10. The monoisotopic (exact) mass is 273 g/mol. The summed E-state index contributed by atoms with van der Waals surface area (Å²) >= 11 is 0. The maximum atomic E-state index is 11.8. The van der Waals surface area contributed by atoms with E-state index >= 15 is 0 Å². The summed E-state index contributed by atoms with van der Waals surface area (Å²) in [4.78, 5) is 11.8. The Labute approximate surface area is 115 Å². The Hall–Kier alpha value is -0.650. The van der Waals surface area contributed by atoms with Gasteiger partial charge in [0.25, 0.3) is 0 Å². The van der Waals surface area contributed by atoms with Gasteiger partial charge in [0.15, 0.2) is 5.79 Å². The number of hydrogen-bond donors (Lipinski definition) is 1. The second-order valence-electron chi connectivity index (χ2n) is 6.48. The molecule has 5 nitrogen and oxygen atoms in total. The van der Waals surface area contributed by atoms with Crippen LogP contribution in [0.4, 0.5) is 0 Å². The van der Waals surface area contributed by atoms with Crippen LogP contribution < -0.4 is 5.73 Å². The molecule has 19 heavy (non-hydrogen) atoms. The Kier molecular flexibility index (Phi) is 5.35. The number of carbonyl (C=O) groups excluding carboxylic acids is 1. The molecule has 0 aromatic rings. The summed E-state index contributed by atoms with van der Waals surface area (Å²) in [5, 5.41) is 0. The molecule has 0 spiro atoms. The second-order valence-corrected chi connectivity index (χ2v) is 6.48. The van der Waals surface area contributed by atoms with Gasteiger partial charge in [-0.05, 0) is 47.6 Å². The molecule has 112 valence electrons. The van der Waals surface area contributed by atoms with Crippen molar-refractivity contribution in [3.63, 3.8) is 0 Å². The highest BCUT2D eigenvalue weighted by Gasteiger charge is 2.36. The average molecular weight is 273 g/mol. The third-order valence-electron chi connectivity index (χ3n) is 2.73. The first-order valence-electron chi connectivity index (χ1n) is 6.89. The van der Waals surface area contributed by atoms with Gasteiger partial charge in [-0.25, -0.2) is 0 Å². The maximum absolute atomic E-state index is 11.8. The zero-order valence-electron chi connectivity index (χ0n) is 12.7. The minimum atomic E-state index is -0.676. The van der Waals surface area contributed by atoms with Crippen molar-refractivity contribution in [2.45, 2.75) is 77.5 Å². The fourth-order valence-electron chi connectivity index (χ4n) is 2.28. The molecule has 0 bridgehead atoms. The van der Waals surface area contributed by atoms with Crippen LogP contribution in [0.25, 0.3) is 0 Å². The minimum absolute atomic E-state index is 0.0428. The van der Waals surface area contributed by atoms with E-state index in [9.17, 15) is 4.79 Å². The molecule has 1 aliphatic heterocycles. The summed E-state index contributed by atoms with van der Waals surface area (Å²) in [5.41, 5.74) is 5.10. The van der Waals surface area contributed by atoms with Crippen LogP contribution in [0.2, 0.25) is 0 Å². The van der Waals surface area contributed by atoms with Gasteiger partial charge in [-0.3, -0.25) is 4.79 Å². The SMILES string of the molecule is CC(C)(C)OC(=O)CC1C[C@@H](CCN)OC(C)(C)O1. The highest BCUT2D eigenvalue weighted by molar-refractivity contribution is 5.70. The molecule has 5 heteroatoms. The summed E-state index contributed by atoms with van der Waals surface area (Å²) in [5.74, 6) is -0.910. The lowest BCUT2D eigenvalue weighted by Gasteiger charge is -2.40. The molecule has 1 unspecified atom stereocenters. The Morgan fingerprint density at radius 2 is 1.89 bits per heavy atom. The van der Waals surface area contributed by atoms with E-state index < -0.39 is 11.4 Å². The van der Waals surface area contributed by atoms with E-state index in [1.165, 1.54) is 0 Å². The van der Waals surface area contributed by atoms with Crippen LogP contribution in [0.5, 0.6) is 0 Å². The molecule has 2 N–H and O–H groups in total. The second kappa shape index (κ2) is 6.20. The van der Waals surface area contributed by atoms with Gasteiger partial charge in [0.2, 0.25) is 0 Å². The van der Waals surface area contributed by atoms with Gasteiger partial charge in [-0.15, -0.1) is 0 Å². The third-order valence-corrected chi connectivity index (χ3v) is 2.73. The number of ether oxygens (including phenoxy) is 3. The van der Waals surface area contributed by atoms with Gasteiger partial charge >= 0.3 is 5.97 Å². The van der Waals surface area contributed by atoms with Crippen molar-refractivity contribution in [3.05, 3.63) is 0 Å². The molecular weight excluding hydrogens is 246 g/mol. The van der Waals surface area contributed by atoms with E-state index in [0.717, 1.165) is 6.42 Å². The van der Waals surface area contributed by atoms with Crippen LogP contribution in [-0.4, -0.2) is 36.1 Å². The normalized spacial score (nSPS) is 27.1. The molecule has 0 aliphatic carbocycles. The number of rotatable bonds is 4. The van der Waals surface area contributed by atoms with E-state index in [4.69, 9.17) is 19.9 Å². The lowest BCUT2D eigenvalue weighted by Crippen LogP contribution is -2.46. The molecule has 1 aliphatic rings. The molecule has 0 radical (unpaired) electrons. The predicted molar refractivity (Wildman–Crippen MR) is 72.6 cm³/mol.